The number of para-hydroxylation sites is 1. The number of anilines is 1. The highest BCUT2D eigenvalue weighted by atomic mass is 35.5. The van der Waals surface area contributed by atoms with Gasteiger partial charge in [-0.15, -0.1) is 0 Å². The summed E-state index contributed by atoms with van der Waals surface area (Å²) in [4.78, 5) is 27.5. The van der Waals surface area contributed by atoms with Crippen LogP contribution in [0.2, 0.25) is 10.0 Å². The summed E-state index contributed by atoms with van der Waals surface area (Å²) in [5.74, 6) is -1.17. The highest BCUT2D eigenvalue weighted by Gasteiger charge is 2.28. The SMILES string of the molecule is CC(C)CNC(=O)C(C)N(Cc1c(Cl)cccc1Cl)C(=O)CCCN(c1ccccc1F)S(C)(=O)=O. The molecule has 2 amide bonds. The zero-order valence-electron chi connectivity index (χ0n) is 20.8. The second-order valence-corrected chi connectivity index (χ2v) is 11.6. The molecular formula is C25H32Cl2FN3O4S. The van der Waals surface area contributed by atoms with E-state index in [1.54, 1.807) is 25.1 Å². The number of carbonyl (C=O) groups excluding carboxylic acids is 2. The van der Waals surface area contributed by atoms with E-state index in [0.29, 0.717) is 22.2 Å². The molecule has 2 rings (SSSR count). The van der Waals surface area contributed by atoms with Gasteiger partial charge in [-0.1, -0.05) is 55.2 Å². The van der Waals surface area contributed by atoms with Crippen LogP contribution in [0.3, 0.4) is 0 Å². The number of benzene rings is 2. The Balaban J connectivity index is 2.23. The Hall–Kier alpha value is -2.36. The van der Waals surface area contributed by atoms with Crippen molar-refractivity contribution in [2.45, 2.75) is 46.2 Å². The normalized spacial score (nSPS) is 12.3. The minimum Gasteiger partial charge on any atom is -0.354 e. The van der Waals surface area contributed by atoms with E-state index in [1.165, 1.54) is 29.2 Å². The van der Waals surface area contributed by atoms with Crippen LogP contribution in [-0.2, 0) is 26.2 Å². The van der Waals surface area contributed by atoms with E-state index in [0.717, 1.165) is 10.6 Å². The van der Waals surface area contributed by atoms with Crippen molar-refractivity contribution in [3.8, 4) is 0 Å². The van der Waals surface area contributed by atoms with Crippen molar-refractivity contribution in [1.29, 1.82) is 0 Å². The third kappa shape index (κ3) is 8.35. The van der Waals surface area contributed by atoms with Gasteiger partial charge in [0.1, 0.15) is 11.9 Å². The number of hydrogen-bond donors (Lipinski definition) is 1. The van der Waals surface area contributed by atoms with Crippen molar-refractivity contribution >= 4 is 50.7 Å². The van der Waals surface area contributed by atoms with Crippen LogP contribution < -0.4 is 9.62 Å². The van der Waals surface area contributed by atoms with Gasteiger partial charge in [0.05, 0.1) is 11.9 Å². The Labute approximate surface area is 222 Å². The van der Waals surface area contributed by atoms with Crippen molar-refractivity contribution in [3.63, 3.8) is 0 Å². The fraction of sp³-hybridized carbons (Fsp3) is 0.440. The monoisotopic (exact) mass is 559 g/mol. The van der Waals surface area contributed by atoms with Crippen molar-refractivity contribution in [1.82, 2.24) is 10.2 Å². The zero-order chi connectivity index (χ0) is 27.0. The summed E-state index contributed by atoms with van der Waals surface area (Å²) >= 11 is 12.6. The van der Waals surface area contributed by atoms with Crippen LogP contribution in [0.4, 0.5) is 10.1 Å². The molecule has 1 atom stereocenters. The summed E-state index contributed by atoms with van der Waals surface area (Å²) in [7, 11) is -3.79. The molecule has 11 heteroatoms. The lowest BCUT2D eigenvalue weighted by molar-refractivity contribution is -0.140. The topological polar surface area (TPSA) is 86.8 Å². The zero-order valence-corrected chi connectivity index (χ0v) is 23.1. The predicted molar refractivity (Wildman–Crippen MR) is 142 cm³/mol. The first kappa shape index (κ1) is 29.9. The van der Waals surface area contributed by atoms with Crippen LogP contribution in [0.15, 0.2) is 42.5 Å². The molecule has 0 aliphatic carbocycles. The summed E-state index contributed by atoms with van der Waals surface area (Å²) in [6, 6.07) is 9.68. The molecule has 0 spiro atoms. The Morgan fingerprint density at radius 1 is 1.03 bits per heavy atom. The first-order valence-corrected chi connectivity index (χ1v) is 14.2. The fourth-order valence-electron chi connectivity index (χ4n) is 3.53. The van der Waals surface area contributed by atoms with Crippen LogP contribution in [0.25, 0.3) is 0 Å². The molecule has 1 N–H and O–H groups in total. The number of halogens is 3. The maximum absolute atomic E-state index is 14.3. The highest BCUT2D eigenvalue weighted by Crippen LogP contribution is 2.27. The van der Waals surface area contributed by atoms with E-state index in [-0.39, 0.29) is 49.4 Å². The summed E-state index contributed by atoms with van der Waals surface area (Å²) in [6.07, 6.45) is 1.01. The first-order valence-electron chi connectivity index (χ1n) is 11.5. The number of carbonyl (C=O) groups is 2. The molecule has 2 aromatic rings. The summed E-state index contributed by atoms with van der Waals surface area (Å²) in [5, 5.41) is 3.54. The fourth-order valence-corrected chi connectivity index (χ4v) is 5.01. The van der Waals surface area contributed by atoms with Crippen molar-refractivity contribution < 1.29 is 22.4 Å². The molecule has 7 nitrogen and oxygen atoms in total. The molecule has 0 aliphatic rings. The van der Waals surface area contributed by atoms with Crippen LogP contribution in [0.1, 0.15) is 39.2 Å². The summed E-state index contributed by atoms with van der Waals surface area (Å²) in [6.45, 7) is 5.86. The molecule has 0 aromatic heterocycles. The molecule has 0 heterocycles. The number of sulfonamides is 1. The molecule has 0 fully saturated rings. The Kier molecular flexibility index (Phi) is 11.0. The van der Waals surface area contributed by atoms with Gasteiger partial charge in [0.15, 0.2) is 0 Å². The average molecular weight is 561 g/mol. The molecule has 36 heavy (non-hydrogen) atoms. The molecule has 0 saturated heterocycles. The molecule has 198 valence electrons. The Bertz CT molecular complexity index is 1160. The van der Waals surface area contributed by atoms with Gasteiger partial charge < -0.3 is 10.2 Å². The van der Waals surface area contributed by atoms with Crippen LogP contribution in [0, 0.1) is 11.7 Å². The molecule has 0 aliphatic heterocycles. The highest BCUT2D eigenvalue weighted by molar-refractivity contribution is 7.92. The van der Waals surface area contributed by atoms with Gasteiger partial charge in [0.2, 0.25) is 21.8 Å². The lowest BCUT2D eigenvalue weighted by Gasteiger charge is -2.30. The number of nitrogens with one attached hydrogen (secondary N) is 1. The van der Waals surface area contributed by atoms with Gasteiger partial charge in [-0.2, -0.15) is 0 Å². The van der Waals surface area contributed by atoms with Crippen molar-refractivity contribution in [2.75, 3.05) is 23.7 Å². The number of nitrogens with zero attached hydrogens (tertiary/aromatic N) is 2. The Morgan fingerprint density at radius 3 is 2.19 bits per heavy atom. The molecule has 0 radical (unpaired) electrons. The smallest absolute Gasteiger partial charge is 0.242 e. The summed E-state index contributed by atoms with van der Waals surface area (Å²) < 4.78 is 39.8. The van der Waals surface area contributed by atoms with E-state index >= 15 is 0 Å². The van der Waals surface area contributed by atoms with Crippen LogP contribution in [-0.4, -0.2) is 50.5 Å². The van der Waals surface area contributed by atoms with Gasteiger partial charge in [0, 0.05) is 41.7 Å². The first-order chi connectivity index (χ1) is 16.8. The third-order valence-corrected chi connectivity index (χ3v) is 7.40. The standard InChI is InChI=1S/C25H32Cl2FN3O4S/c1-17(2)15-29-25(33)18(3)30(16-19-20(26)9-7-10-21(19)27)24(32)13-8-14-31(36(4,34)35)23-12-6-5-11-22(23)28/h5-7,9-12,17-18H,8,13-16H2,1-4H3,(H,29,33). The van der Waals surface area contributed by atoms with Crippen molar-refractivity contribution in [2.24, 2.45) is 5.92 Å². The third-order valence-electron chi connectivity index (χ3n) is 5.52. The van der Waals surface area contributed by atoms with Gasteiger partial charge in [-0.3, -0.25) is 13.9 Å². The van der Waals surface area contributed by atoms with E-state index in [2.05, 4.69) is 5.32 Å². The van der Waals surface area contributed by atoms with Gasteiger partial charge >= 0.3 is 0 Å². The van der Waals surface area contributed by atoms with Crippen LogP contribution in [0.5, 0.6) is 0 Å². The van der Waals surface area contributed by atoms with E-state index in [4.69, 9.17) is 23.2 Å². The minimum absolute atomic E-state index is 0.00326. The van der Waals surface area contributed by atoms with Crippen molar-refractivity contribution in [3.05, 3.63) is 63.9 Å². The minimum atomic E-state index is -3.79. The van der Waals surface area contributed by atoms with E-state index < -0.39 is 21.9 Å². The lowest BCUT2D eigenvalue weighted by atomic mass is 10.1. The second-order valence-electron chi connectivity index (χ2n) is 8.93. The van der Waals surface area contributed by atoms with Gasteiger partial charge in [-0.05, 0) is 43.5 Å². The quantitative estimate of drug-likeness (QED) is 0.402. The van der Waals surface area contributed by atoms with Crippen LogP contribution >= 0.6 is 23.2 Å². The molecule has 2 aromatic carbocycles. The average Bonchev–Trinajstić information content (AvgIpc) is 2.79. The molecular weight excluding hydrogens is 528 g/mol. The molecule has 0 saturated carbocycles. The number of hydrogen-bond acceptors (Lipinski definition) is 4. The van der Waals surface area contributed by atoms with E-state index in [9.17, 15) is 22.4 Å². The summed E-state index contributed by atoms with van der Waals surface area (Å²) in [5.41, 5.74) is 0.412. The maximum Gasteiger partial charge on any atom is 0.242 e. The largest absolute Gasteiger partial charge is 0.354 e. The lowest BCUT2D eigenvalue weighted by Crippen LogP contribution is -2.48. The van der Waals surface area contributed by atoms with Gasteiger partial charge in [0.25, 0.3) is 0 Å². The molecule has 0 bridgehead atoms. The van der Waals surface area contributed by atoms with Gasteiger partial charge in [-0.25, -0.2) is 12.8 Å². The Morgan fingerprint density at radius 2 is 1.64 bits per heavy atom. The number of rotatable bonds is 12. The number of amides is 2. The van der Waals surface area contributed by atoms with E-state index in [1.807, 2.05) is 13.8 Å². The second kappa shape index (κ2) is 13.3. The maximum atomic E-state index is 14.3. The predicted octanol–water partition coefficient (Wildman–Crippen LogP) is 4.87. The molecule has 1 unspecified atom stereocenters.